The van der Waals surface area contributed by atoms with Crippen molar-refractivity contribution in [1.82, 2.24) is 5.32 Å². The van der Waals surface area contributed by atoms with Crippen LogP contribution in [0.1, 0.15) is 18.1 Å². The highest BCUT2D eigenvalue weighted by molar-refractivity contribution is 6.31. The normalized spacial score (nSPS) is 11.6. The molecule has 0 aliphatic rings. The molecule has 4 nitrogen and oxygen atoms in total. The Labute approximate surface area is 196 Å². The van der Waals surface area contributed by atoms with Crippen molar-refractivity contribution < 1.29 is 13.9 Å². The smallest absolute Gasteiger partial charge is 0.244 e. The summed E-state index contributed by atoms with van der Waals surface area (Å²) in [5.74, 6) is 0.414. The van der Waals surface area contributed by atoms with Crippen molar-refractivity contribution in [2.24, 2.45) is 0 Å². The van der Waals surface area contributed by atoms with Crippen LogP contribution in [0.4, 0.5) is 0 Å². The number of hydrogen-bond donors (Lipinski definition) is 1. The first-order valence-electron chi connectivity index (χ1n) is 10.0. The third kappa shape index (κ3) is 4.67. The van der Waals surface area contributed by atoms with Crippen LogP contribution in [0.2, 0.25) is 10.0 Å². The molecule has 32 heavy (non-hydrogen) atoms. The van der Waals surface area contributed by atoms with Crippen LogP contribution >= 0.6 is 23.2 Å². The molecule has 3 aromatic carbocycles. The second kappa shape index (κ2) is 9.51. The number of furan rings is 1. The Balaban J connectivity index is 1.64. The van der Waals surface area contributed by atoms with Crippen molar-refractivity contribution in [2.75, 3.05) is 7.11 Å². The molecule has 0 saturated heterocycles. The lowest BCUT2D eigenvalue weighted by molar-refractivity contribution is -0.116. The quantitative estimate of drug-likeness (QED) is 0.308. The van der Waals surface area contributed by atoms with Crippen LogP contribution in [0.5, 0.6) is 5.75 Å². The Bertz CT molecular complexity index is 1310. The van der Waals surface area contributed by atoms with Gasteiger partial charge in [-0.2, -0.15) is 0 Å². The summed E-state index contributed by atoms with van der Waals surface area (Å²) in [4.78, 5) is 12.5. The van der Waals surface area contributed by atoms with Gasteiger partial charge in [0.1, 0.15) is 11.3 Å². The summed E-state index contributed by atoms with van der Waals surface area (Å²) in [7, 11) is 1.60. The van der Waals surface area contributed by atoms with E-state index in [1.54, 1.807) is 25.5 Å². The molecule has 6 heteroatoms. The molecule has 0 fully saturated rings. The summed E-state index contributed by atoms with van der Waals surface area (Å²) in [6.45, 7) is 2.22. The molecule has 1 amide bonds. The van der Waals surface area contributed by atoms with Crippen LogP contribution in [0, 0.1) is 0 Å². The molecule has 4 aromatic rings. The molecule has 4 rings (SSSR count). The number of hydrogen-bond acceptors (Lipinski definition) is 3. The van der Waals surface area contributed by atoms with Crippen molar-refractivity contribution >= 4 is 45.7 Å². The zero-order valence-corrected chi connectivity index (χ0v) is 19.1. The molecule has 0 saturated carbocycles. The lowest BCUT2D eigenvalue weighted by Gasteiger charge is -2.10. The van der Waals surface area contributed by atoms with Crippen molar-refractivity contribution in [3.05, 3.63) is 94.2 Å². The van der Waals surface area contributed by atoms with Crippen LogP contribution in [0.25, 0.3) is 27.7 Å². The number of nitrogens with one attached hydrogen (secondary N) is 1. The fraction of sp³-hybridized carbons (Fsp3) is 0.115. The summed E-state index contributed by atoms with van der Waals surface area (Å²) in [6, 6.07) is 18.8. The molecule has 1 heterocycles. The van der Waals surface area contributed by atoms with E-state index in [4.69, 9.17) is 32.4 Å². The molecule has 0 aliphatic heterocycles. The van der Waals surface area contributed by atoms with Gasteiger partial charge >= 0.3 is 0 Å². The lowest BCUT2D eigenvalue weighted by Crippen LogP contribution is -2.20. The van der Waals surface area contributed by atoms with E-state index < -0.39 is 0 Å². The average Bonchev–Trinajstić information content (AvgIpc) is 3.21. The van der Waals surface area contributed by atoms with Gasteiger partial charge in [0, 0.05) is 45.2 Å². The predicted octanol–water partition coefficient (Wildman–Crippen LogP) is 7.13. The third-order valence-electron chi connectivity index (χ3n) is 5.23. The van der Waals surface area contributed by atoms with E-state index in [1.807, 2.05) is 61.5 Å². The van der Waals surface area contributed by atoms with Crippen LogP contribution in [-0.2, 0) is 11.3 Å². The number of benzene rings is 3. The van der Waals surface area contributed by atoms with Crippen molar-refractivity contribution in [3.63, 3.8) is 0 Å². The second-order valence-corrected chi connectivity index (χ2v) is 8.19. The topological polar surface area (TPSA) is 51.5 Å². The minimum absolute atomic E-state index is 0.213. The zero-order valence-electron chi connectivity index (χ0n) is 17.6. The minimum Gasteiger partial charge on any atom is -0.496 e. The van der Waals surface area contributed by atoms with E-state index in [1.165, 1.54) is 0 Å². The summed E-state index contributed by atoms with van der Waals surface area (Å²) >= 11 is 12.2. The standard InChI is InChI=1S/C26H21Cl2NO3/c1-16(11-26(30)29-14-18-5-3-4-6-23(18)28)20-12-21-22(17-7-9-19(27)10-8-17)15-32-25(21)13-24(20)31-2/h3-13,15H,14H2,1-2H3,(H,29,30)/b16-11+. The molecule has 0 spiro atoms. The molecule has 0 unspecified atom stereocenters. The van der Waals surface area contributed by atoms with Crippen LogP contribution in [0.15, 0.2) is 77.4 Å². The number of rotatable bonds is 6. The molecule has 1 aromatic heterocycles. The molecular formula is C26H21Cl2NO3. The van der Waals surface area contributed by atoms with Gasteiger partial charge in [0.05, 0.1) is 13.4 Å². The van der Waals surface area contributed by atoms with Crippen molar-refractivity contribution in [2.45, 2.75) is 13.5 Å². The molecule has 162 valence electrons. The van der Waals surface area contributed by atoms with Gasteiger partial charge in [-0.1, -0.05) is 53.5 Å². The first-order chi connectivity index (χ1) is 15.5. The summed E-state index contributed by atoms with van der Waals surface area (Å²) in [6.07, 6.45) is 3.27. The number of carbonyl (C=O) groups is 1. The highest BCUT2D eigenvalue weighted by Gasteiger charge is 2.15. The van der Waals surface area contributed by atoms with Gasteiger partial charge in [-0.3, -0.25) is 4.79 Å². The van der Waals surface area contributed by atoms with Crippen LogP contribution < -0.4 is 10.1 Å². The highest BCUT2D eigenvalue weighted by atomic mass is 35.5. The molecular weight excluding hydrogens is 445 g/mol. The van der Waals surface area contributed by atoms with Gasteiger partial charge in [0.15, 0.2) is 0 Å². The van der Waals surface area contributed by atoms with Crippen LogP contribution in [0.3, 0.4) is 0 Å². The minimum atomic E-state index is -0.213. The zero-order chi connectivity index (χ0) is 22.7. The van der Waals surface area contributed by atoms with E-state index in [0.29, 0.717) is 27.9 Å². The number of amides is 1. The summed E-state index contributed by atoms with van der Waals surface area (Å²) in [5, 5.41) is 5.10. The number of fused-ring (bicyclic) bond motifs is 1. The number of allylic oxidation sites excluding steroid dienone is 1. The number of carbonyl (C=O) groups excluding carboxylic acids is 1. The predicted molar refractivity (Wildman–Crippen MR) is 130 cm³/mol. The largest absolute Gasteiger partial charge is 0.496 e. The van der Waals surface area contributed by atoms with Gasteiger partial charge in [-0.25, -0.2) is 0 Å². The Morgan fingerprint density at radius 3 is 2.56 bits per heavy atom. The van der Waals surface area contributed by atoms with Gasteiger partial charge < -0.3 is 14.5 Å². The molecule has 0 radical (unpaired) electrons. The van der Waals surface area contributed by atoms with Crippen LogP contribution in [-0.4, -0.2) is 13.0 Å². The van der Waals surface area contributed by atoms with Gasteiger partial charge in [-0.15, -0.1) is 0 Å². The first-order valence-corrected chi connectivity index (χ1v) is 10.8. The average molecular weight is 466 g/mol. The second-order valence-electron chi connectivity index (χ2n) is 7.34. The maximum atomic E-state index is 12.5. The molecule has 1 N–H and O–H groups in total. The highest BCUT2D eigenvalue weighted by Crippen LogP contribution is 2.37. The van der Waals surface area contributed by atoms with Gasteiger partial charge in [0.2, 0.25) is 5.91 Å². The monoisotopic (exact) mass is 465 g/mol. The molecule has 0 aliphatic carbocycles. The summed E-state index contributed by atoms with van der Waals surface area (Å²) in [5.41, 5.74) is 5.07. The maximum absolute atomic E-state index is 12.5. The maximum Gasteiger partial charge on any atom is 0.244 e. The number of ether oxygens (including phenoxy) is 1. The van der Waals surface area contributed by atoms with Gasteiger partial charge in [0.25, 0.3) is 0 Å². The number of methoxy groups -OCH3 is 1. The van der Waals surface area contributed by atoms with Crippen molar-refractivity contribution in [3.8, 4) is 16.9 Å². The fourth-order valence-electron chi connectivity index (χ4n) is 3.53. The van der Waals surface area contributed by atoms with E-state index in [-0.39, 0.29) is 5.91 Å². The van der Waals surface area contributed by atoms with E-state index >= 15 is 0 Å². The Hall–Kier alpha value is -3.21. The fourth-order valence-corrected chi connectivity index (χ4v) is 3.86. The van der Waals surface area contributed by atoms with Crippen molar-refractivity contribution in [1.29, 1.82) is 0 Å². The van der Waals surface area contributed by atoms with E-state index in [9.17, 15) is 4.79 Å². The SMILES string of the molecule is COc1cc2occ(-c3ccc(Cl)cc3)c2cc1/C(C)=C/C(=O)NCc1ccccc1Cl. The molecule has 0 atom stereocenters. The Morgan fingerprint density at radius 1 is 1.09 bits per heavy atom. The van der Waals surface area contributed by atoms with E-state index in [2.05, 4.69) is 5.32 Å². The Kier molecular flexibility index (Phi) is 6.54. The Morgan fingerprint density at radius 2 is 1.84 bits per heavy atom. The first kappa shape index (κ1) is 22.0. The van der Waals surface area contributed by atoms with Gasteiger partial charge in [-0.05, 0) is 47.9 Å². The molecule has 0 bridgehead atoms. The third-order valence-corrected chi connectivity index (χ3v) is 5.85. The van der Waals surface area contributed by atoms with E-state index in [0.717, 1.165) is 33.2 Å². The summed E-state index contributed by atoms with van der Waals surface area (Å²) < 4.78 is 11.3. The number of halogens is 2. The lowest BCUT2D eigenvalue weighted by atomic mass is 9.99.